The summed E-state index contributed by atoms with van der Waals surface area (Å²) < 4.78 is 5.05. The Morgan fingerprint density at radius 1 is 0.923 bits per heavy atom. The van der Waals surface area contributed by atoms with Crippen LogP contribution in [0.1, 0.15) is 0 Å². The van der Waals surface area contributed by atoms with Crippen LogP contribution in [0.15, 0.2) is 16.9 Å². The normalized spacial score (nSPS) is 13.4. The zero-order chi connectivity index (χ0) is 10.3. The van der Waals surface area contributed by atoms with Gasteiger partial charge in [-0.3, -0.25) is 0 Å². The summed E-state index contributed by atoms with van der Waals surface area (Å²) in [7, 11) is -4.71. The van der Waals surface area contributed by atoms with Crippen LogP contribution in [-0.2, 0) is 0 Å². The Morgan fingerprint density at radius 3 is 1.46 bits per heavy atom. The van der Waals surface area contributed by atoms with Crippen LogP contribution in [0.2, 0.25) is 26.2 Å². The molecule has 1 heterocycles. The van der Waals surface area contributed by atoms with Gasteiger partial charge in [-0.1, -0.05) is 0 Å². The summed E-state index contributed by atoms with van der Waals surface area (Å²) in [6, 6.07) is 0. The summed E-state index contributed by atoms with van der Waals surface area (Å²) in [5.41, 5.74) is 0. The largest absolute Gasteiger partial charge is 0.473 e. The summed E-state index contributed by atoms with van der Waals surface area (Å²) in [4.78, 5) is 19.8. The number of hydrogen-bond acceptors (Lipinski definition) is 3. The van der Waals surface area contributed by atoms with Crippen LogP contribution in [0.3, 0.4) is 0 Å². The van der Waals surface area contributed by atoms with Crippen molar-refractivity contribution in [3.8, 4) is 0 Å². The highest BCUT2D eigenvalue weighted by atomic mass is 28.4. The van der Waals surface area contributed by atoms with E-state index in [0.29, 0.717) is 0 Å². The summed E-state index contributed by atoms with van der Waals surface area (Å²) in [6.07, 6.45) is 3.12. The van der Waals surface area contributed by atoms with E-state index in [4.69, 9.17) is 4.42 Å². The third-order valence-electron chi connectivity index (χ3n) is 1.98. The van der Waals surface area contributed by atoms with Crippen LogP contribution in [0.5, 0.6) is 0 Å². The summed E-state index contributed by atoms with van der Waals surface area (Å²) in [6.45, 7) is 7.28. The molecule has 13 heavy (non-hydrogen) atoms. The Balaban J connectivity index is 3.19. The van der Waals surface area contributed by atoms with Gasteiger partial charge in [-0.2, -0.15) is 0 Å². The zero-order valence-electron chi connectivity index (χ0n) is 8.46. The van der Waals surface area contributed by atoms with Crippen LogP contribution < -0.4 is 10.4 Å². The molecule has 0 aliphatic carbocycles. The molecule has 0 spiro atoms. The number of hydrogen-bond donors (Lipinski definition) is 2. The molecule has 0 atom stereocenters. The average molecular weight is 216 g/mol. The SMILES string of the molecule is C[Si](C)(O)c1cocc1[Si](C)(C)O. The Bertz CT molecular complexity index is 265. The van der Waals surface area contributed by atoms with Gasteiger partial charge >= 0.3 is 0 Å². The third-order valence-corrected chi connectivity index (χ3v) is 5.64. The van der Waals surface area contributed by atoms with Crippen molar-refractivity contribution in [3.63, 3.8) is 0 Å². The maximum atomic E-state index is 9.91. The first-order chi connectivity index (χ1) is 5.73. The lowest BCUT2D eigenvalue weighted by Gasteiger charge is -2.19. The molecular formula is C8H16O3Si2. The molecule has 0 radical (unpaired) electrons. The molecule has 0 saturated carbocycles. The molecule has 0 aliphatic heterocycles. The van der Waals surface area contributed by atoms with E-state index in [1.165, 1.54) is 0 Å². The number of rotatable bonds is 2. The van der Waals surface area contributed by atoms with Crippen LogP contribution in [-0.4, -0.2) is 26.2 Å². The molecule has 0 unspecified atom stereocenters. The minimum atomic E-state index is -2.35. The van der Waals surface area contributed by atoms with Gasteiger partial charge in [0.25, 0.3) is 0 Å². The second-order valence-electron chi connectivity index (χ2n) is 4.32. The van der Waals surface area contributed by atoms with Gasteiger partial charge in [-0.25, -0.2) is 0 Å². The summed E-state index contributed by atoms with van der Waals surface area (Å²) in [5.74, 6) is 0. The molecule has 1 rings (SSSR count). The lowest BCUT2D eigenvalue weighted by Crippen LogP contribution is -2.57. The fraction of sp³-hybridized carbons (Fsp3) is 0.500. The van der Waals surface area contributed by atoms with Crippen molar-refractivity contribution in [3.05, 3.63) is 12.5 Å². The van der Waals surface area contributed by atoms with Crippen LogP contribution >= 0.6 is 0 Å². The van der Waals surface area contributed by atoms with Gasteiger partial charge in [0.05, 0.1) is 12.5 Å². The van der Waals surface area contributed by atoms with E-state index in [2.05, 4.69) is 0 Å². The quantitative estimate of drug-likeness (QED) is 0.689. The topological polar surface area (TPSA) is 53.6 Å². The highest BCUT2D eigenvalue weighted by Crippen LogP contribution is 2.03. The fourth-order valence-electron chi connectivity index (χ4n) is 1.24. The first kappa shape index (κ1) is 10.7. The number of furan rings is 1. The molecule has 0 saturated heterocycles. The molecule has 0 aliphatic rings. The second-order valence-corrected chi connectivity index (χ2v) is 11.6. The lowest BCUT2D eigenvalue weighted by atomic mass is 10.6. The highest BCUT2D eigenvalue weighted by Gasteiger charge is 2.33. The van der Waals surface area contributed by atoms with Gasteiger partial charge in [0, 0.05) is 10.4 Å². The Kier molecular flexibility index (Phi) is 2.55. The van der Waals surface area contributed by atoms with Crippen molar-refractivity contribution in [2.45, 2.75) is 26.2 Å². The molecule has 0 bridgehead atoms. The predicted octanol–water partition coefficient (Wildman–Crippen LogP) is 0.0884. The molecule has 0 amide bonds. The predicted molar refractivity (Wildman–Crippen MR) is 57.4 cm³/mol. The molecule has 3 nitrogen and oxygen atoms in total. The van der Waals surface area contributed by atoms with Crippen LogP contribution in [0, 0.1) is 0 Å². The van der Waals surface area contributed by atoms with Crippen molar-refractivity contribution in [2.24, 2.45) is 0 Å². The van der Waals surface area contributed by atoms with Gasteiger partial charge in [0.15, 0.2) is 0 Å². The molecule has 2 N–H and O–H groups in total. The van der Waals surface area contributed by atoms with Gasteiger partial charge in [0.2, 0.25) is 16.6 Å². The molecule has 1 aromatic rings. The van der Waals surface area contributed by atoms with Crippen molar-refractivity contribution < 1.29 is 14.0 Å². The Morgan fingerprint density at radius 2 is 1.23 bits per heavy atom. The maximum absolute atomic E-state index is 9.91. The summed E-state index contributed by atoms with van der Waals surface area (Å²) >= 11 is 0. The molecule has 74 valence electrons. The second kappa shape index (κ2) is 3.09. The van der Waals surface area contributed by atoms with E-state index in [0.717, 1.165) is 10.4 Å². The van der Waals surface area contributed by atoms with E-state index in [9.17, 15) is 9.59 Å². The van der Waals surface area contributed by atoms with Crippen LogP contribution in [0.4, 0.5) is 0 Å². The van der Waals surface area contributed by atoms with E-state index in [1.54, 1.807) is 12.5 Å². The van der Waals surface area contributed by atoms with Crippen LogP contribution in [0.25, 0.3) is 0 Å². The first-order valence-corrected chi connectivity index (χ1v) is 10.1. The zero-order valence-corrected chi connectivity index (χ0v) is 10.5. The molecule has 1 aromatic heterocycles. The standard InChI is InChI=1S/C8H16O3Si2/c1-12(2,9)7-5-11-6-8(7)13(3,4)10/h5-6,9-10H,1-4H3. The van der Waals surface area contributed by atoms with E-state index in [-0.39, 0.29) is 0 Å². The van der Waals surface area contributed by atoms with Gasteiger partial charge in [-0.05, 0) is 26.2 Å². The highest BCUT2D eigenvalue weighted by molar-refractivity contribution is 6.93. The Labute approximate surface area is 80.3 Å². The molecule has 0 aromatic carbocycles. The molecule has 0 fully saturated rings. The third kappa shape index (κ3) is 2.31. The smallest absolute Gasteiger partial charge is 0.217 e. The van der Waals surface area contributed by atoms with Gasteiger partial charge < -0.3 is 14.0 Å². The fourth-order valence-corrected chi connectivity index (χ4v) is 5.23. The van der Waals surface area contributed by atoms with Crippen molar-refractivity contribution in [1.82, 2.24) is 0 Å². The minimum absolute atomic E-state index is 0.826. The minimum Gasteiger partial charge on any atom is -0.473 e. The monoisotopic (exact) mass is 216 g/mol. The van der Waals surface area contributed by atoms with E-state index in [1.807, 2.05) is 26.2 Å². The maximum Gasteiger partial charge on any atom is 0.217 e. The molecular weight excluding hydrogens is 200 g/mol. The Hall–Kier alpha value is -0.366. The lowest BCUT2D eigenvalue weighted by molar-refractivity contribution is 0.555. The summed E-state index contributed by atoms with van der Waals surface area (Å²) in [5, 5.41) is 1.65. The first-order valence-electron chi connectivity index (χ1n) is 4.25. The van der Waals surface area contributed by atoms with Gasteiger partial charge in [0.1, 0.15) is 0 Å². The van der Waals surface area contributed by atoms with E-state index >= 15 is 0 Å². The van der Waals surface area contributed by atoms with E-state index < -0.39 is 16.6 Å². The van der Waals surface area contributed by atoms with Crippen molar-refractivity contribution in [2.75, 3.05) is 0 Å². The molecule has 5 heteroatoms. The van der Waals surface area contributed by atoms with Crippen molar-refractivity contribution >= 4 is 27.0 Å². The van der Waals surface area contributed by atoms with Gasteiger partial charge in [-0.15, -0.1) is 0 Å². The van der Waals surface area contributed by atoms with Crippen molar-refractivity contribution in [1.29, 1.82) is 0 Å². The average Bonchev–Trinajstić information content (AvgIpc) is 2.27.